The number of carboxylic acids is 1. The summed E-state index contributed by atoms with van der Waals surface area (Å²) in [5, 5.41) is 9.55. The molecule has 0 aliphatic carbocycles. The molecule has 0 saturated carbocycles. The minimum atomic E-state index is -0.868. The lowest BCUT2D eigenvalue weighted by Crippen LogP contribution is -2.14. The number of hydrogen-bond acceptors (Lipinski definition) is 3. The summed E-state index contributed by atoms with van der Waals surface area (Å²) in [6, 6.07) is 6.91. The second-order valence-corrected chi connectivity index (χ2v) is 5.99. The number of carbonyl (C=O) groups is 2. The van der Waals surface area contributed by atoms with Crippen molar-refractivity contribution in [2.75, 3.05) is 0 Å². The lowest BCUT2D eigenvalue weighted by atomic mass is 9.90. The van der Waals surface area contributed by atoms with Crippen LogP contribution in [-0.4, -0.2) is 17.0 Å². The SMILES string of the molecule is CCC(CC)CCCCC(C(=O)O)c1ccccc1OC(C)=O. The summed E-state index contributed by atoms with van der Waals surface area (Å²) < 4.78 is 5.15. The number of unbranched alkanes of at least 4 members (excludes halogenated alkanes) is 1. The minimum Gasteiger partial charge on any atom is -0.481 e. The van der Waals surface area contributed by atoms with Crippen LogP contribution in [0.3, 0.4) is 0 Å². The van der Waals surface area contributed by atoms with Crippen LogP contribution in [0.4, 0.5) is 0 Å². The Morgan fingerprint density at radius 3 is 2.26 bits per heavy atom. The summed E-state index contributed by atoms with van der Waals surface area (Å²) >= 11 is 0. The fraction of sp³-hybridized carbons (Fsp3) is 0.579. The van der Waals surface area contributed by atoms with Crippen LogP contribution in [0.5, 0.6) is 5.75 Å². The molecule has 1 aromatic rings. The zero-order valence-electron chi connectivity index (χ0n) is 14.4. The van der Waals surface area contributed by atoms with Gasteiger partial charge in [0.1, 0.15) is 5.75 Å². The van der Waals surface area contributed by atoms with Crippen molar-refractivity contribution in [1.82, 2.24) is 0 Å². The van der Waals surface area contributed by atoms with E-state index in [1.165, 1.54) is 19.8 Å². The minimum absolute atomic E-state index is 0.354. The maximum Gasteiger partial charge on any atom is 0.311 e. The van der Waals surface area contributed by atoms with Gasteiger partial charge in [-0.1, -0.05) is 64.2 Å². The van der Waals surface area contributed by atoms with Crippen LogP contribution >= 0.6 is 0 Å². The highest BCUT2D eigenvalue weighted by Crippen LogP contribution is 2.31. The number of para-hydroxylation sites is 1. The fourth-order valence-corrected chi connectivity index (χ4v) is 2.91. The van der Waals surface area contributed by atoms with Crippen LogP contribution < -0.4 is 4.74 Å². The number of hydrogen-bond donors (Lipinski definition) is 1. The van der Waals surface area contributed by atoms with E-state index in [-0.39, 0.29) is 0 Å². The Labute approximate surface area is 138 Å². The third kappa shape index (κ3) is 6.43. The average Bonchev–Trinajstić information content (AvgIpc) is 2.51. The Hall–Kier alpha value is -1.84. The first-order valence-corrected chi connectivity index (χ1v) is 8.49. The summed E-state index contributed by atoms with van der Waals surface area (Å²) in [6.45, 7) is 5.72. The molecule has 23 heavy (non-hydrogen) atoms. The topological polar surface area (TPSA) is 63.6 Å². The quantitative estimate of drug-likeness (QED) is 0.383. The fourth-order valence-electron chi connectivity index (χ4n) is 2.91. The molecule has 0 radical (unpaired) electrons. The van der Waals surface area contributed by atoms with Gasteiger partial charge in [-0.2, -0.15) is 0 Å². The van der Waals surface area contributed by atoms with Gasteiger partial charge in [-0.25, -0.2) is 0 Å². The molecule has 1 atom stereocenters. The summed E-state index contributed by atoms with van der Waals surface area (Å²) in [7, 11) is 0. The molecular weight excluding hydrogens is 292 g/mol. The maximum atomic E-state index is 11.6. The van der Waals surface area contributed by atoms with Crippen molar-refractivity contribution in [2.24, 2.45) is 5.92 Å². The molecule has 1 rings (SSSR count). The summed E-state index contributed by atoms with van der Waals surface area (Å²) in [6.07, 6.45) is 5.95. The normalized spacial score (nSPS) is 12.2. The Morgan fingerprint density at radius 2 is 1.70 bits per heavy atom. The molecule has 0 amide bonds. The first-order valence-electron chi connectivity index (χ1n) is 8.49. The molecule has 0 aliphatic rings. The molecule has 1 N–H and O–H groups in total. The van der Waals surface area contributed by atoms with Gasteiger partial charge in [-0.3, -0.25) is 9.59 Å². The molecule has 4 heteroatoms. The first-order chi connectivity index (χ1) is 11.0. The Bertz CT molecular complexity index is 506. The second-order valence-electron chi connectivity index (χ2n) is 5.99. The largest absolute Gasteiger partial charge is 0.481 e. The van der Waals surface area contributed by atoms with Crippen LogP contribution in [0, 0.1) is 5.92 Å². The van der Waals surface area contributed by atoms with Crippen LogP contribution in [0.15, 0.2) is 24.3 Å². The van der Waals surface area contributed by atoms with Crippen molar-refractivity contribution in [3.63, 3.8) is 0 Å². The molecule has 1 aromatic carbocycles. The van der Waals surface area contributed by atoms with Crippen molar-refractivity contribution in [3.05, 3.63) is 29.8 Å². The highest BCUT2D eigenvalue weighted by atomic mass is 16.5. The summed E-state index contributed by atoms with van der Waals surface area (Å²) in [4.78, 5) is 22.8. The van der Waals surface area contributed by atoms with Crippen molar-refractivity contribution in [3.8, 4) is 5.75 Å². The van der Waals surface area contributed by atoms with E-state index < -0.39 is 17.9 Å². The number of esters is 1. The third-order valence-electron chi connectivity index (χ3n) is 4.36. The van der Waals surface area contributed by atoms with E-state index >= 15 is 0 Å². The molecule has 0 bridgehead atoms. The maximum absolute atomic E-state index is 11.6. The number of benzene rings is 1. The van der Waals surface area contributed by atoms with E-state index in [9.17, 15) is 14.7 Å². The molecule has 0 aromatic heterocycles. The van der Waals surface area contributed by atoms with E-state index in [0.29, 0.717) is 17.7 Å². The molecule has 0 heterocycles. The van der Waals surface area contributed by atoms with Gasteiger partial charge in [0.25, 0.3) is 0 Å². The van der Waals surface area contributed by atoms with Gasteiger partial charge < -0.3 is 9.84 Å². The number of carbonyl (C=O) groups excluding carboxylic acids is 1. The molecule has 0 spiro atoms. The Balaban J connectivity index is 2.72. The van der Waals surface area contributed by atoms with Gasteiger partial charge in [-0.15, -0.1) is 0 Å². The van der Waals surface area contributed by atoms with Crippen LogP contribution in [0.25, 0.3) is 0 Å². The Morgan fingerprint density at radius 1 is 1.09 bits per heavy atom. The highest BCUT2D eigenvalue weighted by molar-refractivity contribution is 5.78. The smallest absolute Gasteiger partial charge is 0.311 e. The van der Waals surface area contributed by atoms with Crippen LogP contribution in [0.1, 0.15) is 70.8 Å². The predicted octanol–water partition coefficient (Wildman–Crippen LogP) is 4.78. The van der Waals surface area contributed by atoms with Gasteiger partial charge in [0.15, 0.2) is 0 Å². The molecule has 0 fully saturated rings. The standard InChI is InChI=1S/C19H28O4/c1-4-15(5-2)10-6-7-12-17(19(21)22)16-11-8-9-13-18(16)23-14(3)20/h8-9,11,13,15,17H,4-7,10,12H2,1-3H3,(H,21,22). The van der Waals surface area contributed by atoms with E-state index in [0.717, 1.165) is 25.2 Å². The number of carboxylic acid groups (broad SMARTS) is 1. The molecule has 128 valence electrons. The van der Waals surface area contributed by atoms with Crippen molar-refractivity contribution >= 4 is 11.9 Å². The van der Waals surface area contributed by atoms with E-state index in [4.69, 9.17) is 4.74 Å². The molecule has 1 unspecified atom stereocenters. The zero-order valence-corrected chi connectivity index (χ0v) is 14.4. The van der Waals surface area contributed by atoms with Crippen molar-refractivity contribution in [1.29, 1.82) is 0 Å². The molecule has 4 nitrogen and oxygen atoms in total. The number of ether oxygens (including phenoxy) is 1. The van der Waals surface area contributed by atoms with Crippen molar-refractivity contribution in [2.45, 2.75) is 65.2 Å². The van der Waals surface area contributed by atoms with E-state index in [1.807, 2.05) is 0 Å². The second kappa shape index (κ2) is 10.0. The van der Waals surface area contributed by atoms with Crippen molar-refractivity contribution < 1.29 is 19.4 Å². The zero-order chi connectivity index (χ0) is 17.2. The predicted molar refractivity (Wildman–Crippen MR) is 90.7 cm³/mol. The average molecular weight is 320 g/mol. The summed E-state index contributed by atoms with van der Waals surface area (Å²) in [5.41, 5.74) is 0.581. The molecule has 0 aliphatic heterocycles. The van der Waals surface area contributed by atoms with Gasteiger partial charge in [-0.05, 0) is 18.4 Å². The van der Waals surface area contributed by atoms with E-state index in [1.54, 1.807) is 24.3 Å². The van der Waals surface area contributed by atoms with Crippen LogP contribution in [0.2, 0.25) is 0 Å². The molecule has 0 saturated heterocycles. The number of aliphatic carboxylic acids is 1. The number of rotatable bonds is 10. The van der Waals surface area contributed by atoms with Gasteiger partial charge >= 0.3 is 11.9 Å². The first kappa shape index (κ1) is 19.2. The Kier molecular flexibility index (Phi) is 8.38. The summed E-state index contributed by atoms with van der Waals surface area (Å²) in [5.74, 6) is -0.853. The van der Waals surface area contributed by atoms with Gasteiger partial charge in [0.2, 0.25) is 0 Å². The van der Waals surface area contributed by atoms with Gasteiger partial charge in [0.05, 0.1) is 5.92 Å². The highest BCUT2D eigenvalue weighted by Gasteiger charge is 2.23. The van der Waals surface area contributed by atoms with E-state index in [2.05, 4.69) is 13.8 Å². The third-order valence-corrected chi connectivity index (χ3v) is 4.36. The van der Waals surface area contributed by atoms with Gasteiger partial charge in [0, 0.05) is 12.5 Å². The lowest BCUT2D eigenvalue weighted by molar-refractivity contribution is -0.139. The lowest BCUT2D eigenvalue weighted by Gasteiger charge is -2.17. The monoisotopic (exact) mass is 320 g/mol. The molecular formula is C19H28O4. The van der Waals surface area contributed by atoms with Crippen LogP contribution in [-0.2, 0) is 9.59 Å².